The molecule has 1 rings (SSSR count). The number of likely N-dealkylation sites (N-methyl/N-ethyl adjacent to an activating group) is 1. The van der Waals surface area contributed by atoms with E-state index >= 15 is 0 Å². The fourth-order valence-corrected chi connectivity index (χ4v) is 1.79. The third-order valence-corrected chi connectivity index (χ3v) is 2.98. The summed E-state index contributed by atoms with van der Waals surface area (Å²) in [5.41, 5.74) is -0.206. The van der Waals surface area contributed by atoms with E-state index in [9.17, 15) is 9.59 Å². The number of hydrogen-bond acceptors (Lipinski definition) is 4. The van der Waals surface area contributed by atoms with Gasteiger partial charge >= 0.3 is 5.97 Å². The van der Waals surface area contributed by atoms with Crippen LogP contribution in [0.3, 0.4) is 0 Å². The second-order valence-corrected chi connectivity index (χ2v) is 4.92. The van der Waals surface area contributed by atoms with Gasteiger partial charge in [0, 0.05) is 20.6 Å². The molecule has 0 saturated heterocycles. The quantitative estimate of drug-likeness (QED) is 0.866. The van der Waals surface area contributed by atoms with Gasteiger partial charge in [-0.15, -0.1) is 0 Å². The molecule has 0 aliphatic carbocycles. The van der Waals surface area contributed by atoms with Crippen LogP contribution in [0.2, 0.25) is 5.02 Å². The van der Waals surface area contributed by atoms with Crippen LogP contribution in [-0.2, 0) is 4.79 Å². The lowest BCUT2D eigenvalue weighted by atomic mass is 10.3. The van der Waals surface area contributed by atoms with E-state index in [-0.39, 0.29) is 23.2 Å². The molecule has 0 aliphatic heterocycles. The van der Waals surface area contributed by atoms with Crippen LogP contribution in [0, 0.1) is 0 Å². The number of carboxylic acid groups (broad SMARTS) is 1. The molecule has 1 aromatic rings. The van der Waals surface area contributed by atoms with Crippen LogP contribution in [0.5, 0.6) is 0 Å². The summed E-state index contributed by atoms with van der Waals surface area (Å²) >= 11 is 5.79. The van der Waals surface area contributed by atoms with Gasteiger partial charge in [0.05, 0.1) is 11.6 Å². The summed E-state index contributed by atoms with van der Waals surface area (Å²) in [6.45, 7) is 2.73. The number of amides is 1. The lowest BCUT2D eigenvalue weighted by Crippen LogP contribution is -2.37. The first-order valence-electron chi connectivity index (χ1n) is 6.21. The number of anilines is 1. The molecule has 0 saturated carbocycles. The first-order valence-corrected chi connectivity index (χ1v) is 6.59. The summed E-state index contributed by atoms with van der Waals surface area (Å²) in [7, 11) is 3.34. The number of hydrogen-bond donors (Lipinski definition) is 1. The van der Waals surface area contributed by atoms with E-state index in [0.29, 0.717) is 12.4 Å². The highest BCUT2D eigenvalue weighted by atomic mass is 35.5. The molecule has 0 aromatic carbocycles. The lowest BCUT2D eigenvalue weighted by molar-refractivity contribution is -0.127. The van der Waals surface area contributed by atoms with Gasteiger partial charge in [-0.2, -0.15) is 0 Å². The molecule has 0 spiro atoms. The summed E-state index contributed by atoms with van der Waals surface area (Å²) < 4.78 is 0. The van der Waals surface area contributed by atoms with Crippen molar-refractivity contribution >= 4 is 29.3 Å². The molecule has 1 aromatic heterocycles. The Hall–Kier alpha value is -1.82. The second kappa shape index (κ2) is 7.09. The molecule has 0 bridgehead atoms. The highest BCUT2D eigenvalue weighted by Crippen LogP contribution is 2.19. The number of pyridine rings is 1. The molecule has 0 atom stereocenters. The molecule has 0 radical (unpaired) electrons. The maximum atomic E-state index is 11.8. The van der Waals surface area contributed by atoms with E-state index in [1.807, 2.05) is 6.92 Å². The monoisotopic (exact) mass is 299 g/mol. The van der Waals surface area contributed by atoms with Gasteiger partial charge in [0.2, 0.25) is 5.91 Å². The van der Waals surface area contributed by atoms with Gasteiger partial charge in [-0.3, -0.25) is 4.79 Å². The lowest BCUT2D eigenvalue weighted by Gasteiger charge is -2.24. The first kappa shape index (κ1) is 16.2. The van der Waals surface area contributed by atoms with E-state index in [2.05, 4.69) is 4.98 Å². The molecular formula is C13H18ClN3O3. The normalized spacial score (nSPS) is 10.2. The van der Waals surface area contributed by atoms with Crippen molar-refractivity contribution in [1.82, 2.24) is 9.88 Å². The number of carbonyl (C=O) groups is 2. The van der Waals surface area contributed by atoms with Crippen molar-refractivity contribution in [3.05, 3.63) is 22.8 Å². The summed E-state index contributed by atoms with van der Waals surface area (Å²) in [4.78, 5) is 30.1. The van der Waals surface area contributed by atoms with Crippen LogP contribution in [0.25, 0.3) is 0 Å². The van der Waals surface area contributed by atoms with Crippen LogP contribution in [0.4, 0.5) is 5.82 Å². The van der Waals surface area contributed by atoms with E-state index in [1.54, 1.807) is 25.1 Å². The standard InChI is InChI=1S/C13H18ClN3O3/c1-4-7-17(8-11(18)16(2)3)10-6-5-9(14)12(15-10)13(19)20/h5-6H,4,7-8H2,1-3H3,(H,19,20). The molecule has 0 aliphatic rings. The predicted molar refractivity (Wildman–Crippen MR) is 77.4 cm³/mol. The molecule has 1 N–H and O–H groups in total. The number of rotatable bonds is 6. The highest BCUT2D eigenvalue weighted by molar-refractivity contribution is 6.33. The Morgan fingerprint density at radius 3 is 2.50 bits per heavy atom. The van der Waals surface area contributed by atoms with Crippen molar-refractivity contribution in [2.24, 2.45) is 0 Å². The Morgan fingerprint density at radius 1 is 1.35 bits per heavy atom. The minimum Gasteiger partial charge on any atom is -0.476 e. The smallest absolute Gasteiger partial charge is 0.356 e. The fourth-order valence-electron chi connectivity index (χ4n) is 1.61. The second-order valence-electron chi connectivity index (χ2n) is 4.51. The summed E-state index contributed by atoms with van der Waals surface area (Å²) in [6, 6.07) is 3.10. The molecular weight excluding hydrogens is 282 g/mol. The van der Waals surface area contributed by atoms with Crippen molar-refractivity contribution < 1.29 is 14.7 Å². The van der Waals surface area contributed by atoms with Gasteiger partial charge in [0.1, 0.15) is 5.82 Å². The Morgan fingerprint density at radius 2 is 2.00 bits per heavy atom. The van der Waals surface area contributed by atoms with Crippen LogP contribution in [0.15, 0.2) is 12.1 Å². The molecule has 1 amide bonds. The third-order valence-electron chi connectivity index (χ3n) is 2.68. The van der Waals surface area contributed by atoms with Crippen LogP contribution in [0.1, 0.15) is 23.8 Å². The Kier molecular flexibility index (Phi) is 5.76. The molecule has 110 valence electrons. The zero-order chi connectivity index (χ0) is 15.3. The number of carbonyl (C=O) groups excluding carboxylic acids is 1. The summed E-state index contributed by atoms with van der Waals surface area (Å²) in [6.07, 6.45) is 0.813. The average Bonchev–Trinajstić information content (AvgIpc) is 2.38. The first-order chi connectivity index (χ1) is 9.36. The van der Waals surface area contributed by atoms with Crippen LogP contribution >= 0.6 is 11.6 Å². The maximum absolute atomic E-state index is 11.8. The van der Waals surface area contributed by atoms with E-state index in [4.69, 9.17) is 16.7 Å². The zero-order valence-electron chi connectivity index (χ0n) is 11.8. The molecule has 7 heteroatoms. The van der Waals surface area contributed by atoms with Crippen molar-refractivity contribution in [2.75, 3.05) is 32.1 Å². The molecule has 1 heterocycles. The third kappa shape index (κ3) is 4.09. The number of halogens is 1. The van der Waals surface area contributed by atoms with Crippen molar-refractivity contribution in [2.45, 2.75) is 13.3 Å². The SMILES string of the molecule is CCCN(CC(=O)N(C)C)c1ccc(Cl)c(C(=O)O)n1. The van der Waals surface area contributed by atoms with E-state index in [0.717, 1.165) is 6.42 Å². The van der Waals surface area contributed by atoms with Crippen LogP contribution in [-0.4, -0.2) is 54.1 Å². The van der Waals surface area contributed by atoms with Crippen LogP contribution < -0.4 is 4.90 Å². The maximum Gasteiger partial charge on any atom is 0.356 e. The fraction of sp³-hybridized carbons (Fsp3) is 0.462. The van der Waals surface area contributed by atoms with Crippen molar-refractivity contribution in [3.63, 3.8) is 0 Å². The molecule has 6 nitrogen and oxygen atoms in total. The van der Waals surface area contributed by atoms with Gasteiger partial charge in [0.15, 0.2) is 5.69 Å². The Labute approximate surface area is 123 Å². The predicted octanol–water partition coefficient (Wildman–Crippen LogP) is 1.74. The highest BCUT2D eigenvalue weighted by Gasteiger charge is 2.17. The van der Waals surface area contributed by atoms with E-state index < -0.39 is 5.97 Å². The molecule has 0 unspecified atom stereocenters. The Balaban J connectivity index is 3.05. The minimum atomic E-state index is -1.19. The molecule has 20 heavy (non-hydrogen) atoms. The largest absolute Gasteiger partial charge is 0.476 e. The minimum absolute atomic E-state index is 0.0768. The van der Waals surface area contributed by atoms with E-state index in [1.165, 1.54) is 11.0 Å². The summed E-state index contributed by atoms with van der Waals surface area (Å²) in [5, 5.41) is 9.11. The molecule has 0 fully saturated rings. The number of nitrogens with zero attached hydrogens (tertiary/aromatic N) is 3. The van der Waals surface area contributed by atoms with Gasteiger partial charge in [0.25, 0.3) is 0 Å². The van der Waals surface area contributed by atoms with Gasteiger partial charge in [-0.1, -0.05) is 18.5 Å². The van der Waals surface area contributed by atoms with Gasteiger partial charge in [-0.25, -0.2) is 9.78 Å². The number of carboxylic acids is 1. The number of aromatic carboxylic acids is 1. The van der Waals surface area contributed by atoms with Gasteiger partial charge in [-0.05, 0) is 18.6 Å². The van der Waals surface area contributed by atoms with Crippen molar-refractivity contribution in [1.29, 1.82) is 0 Å². The topological polar surface area (TPSA) is 73.7 Å². The van der Waals surface area contributed by atoms with Crippen molar-refractivity contribution in [3.8, 4) is 0 Å². The summed E-state index contributed by atoms with van der Waals surface area (Å²) in [5.74, 6) is -0.830. The van der Waals surface area contributed by atoms with Gasteiger partial charge < -0.3 is 14.9 Å². The number of aromatic nitrogens is 1. The average molecular weight is 300 g/mol. The zero-order valence-corrected chi connectivity index (χ0v) is 12.5. The Bertz CT molecular complexity index is 506.